The van der Waals surface area contributed by atoms with Crippen molar-refractivity contribution >= 4 is 28.6 Å². The second-order valence-corrected chi connectivity index (χ2v) is 12.0. The number of benzene rings is 1. The zero-order chi connectivity index (χ0) is 23.8. The molecule has 0 aliphatic carbocycles. The Bertz CT molecular complexity index is 1210. The third-order valence-corrected chi connectivity index (χ3v) is 10.1. The topological polar surface area (TPSA) is 77.5 Å². The van der Waals surface area contributed by atoms with Crippen LogP contribution in [0.2, 0.25) is 0 Å². The molecule has 4 unspecified atom stereocenters. The molecule has 0 saturated carbocycles. The van der Waals surface area contributed by atoms with E-state index in [1.807, 2.05) is 29.0 Å². The molecule has 2 aromatic heterocycles. The Morgan fingerprint density at radius 2 is 1.71 bits per heavy atom. The molecule has 7 rings (SSSR count). The van der Waals surface area contributed by atoms with E-state index in [9.17, 15) is 9.90 Å². The van der Waals surface area contributed by atoms with E-state index in [1.54, 1.807) is 12.1 Å². The monoisotopic (exact) mass is 512 g/mol. The van der Waals surface area contributed by atoms with Crippen LogP contribution in [0.15, 0.2) is 53.2 Å². The Kier molecular flexibility index (Phi) is 4.85. The fourth-order valence-electron chi connectivity index (χ4n) is 6.35. The van der Waals surface area contributed by atoms with E-state index >= 15 is 0 Å². The molecule has 3 aromatic rings. The van der Waals surface area contributed by atoms with Crippen LogP contribution in [0.25, 0.3) is 0 Å². The molecular formula is C26H26NO6S2+. The lowest BCUT2D eigenvalue weighted by atomic mass is 9.93. The Morgan fingerprint density at radius 3 is 2.34 bits per heavy atom. The number of morpholine rings is 1. The maximum atomic E-state index is 13.5. The van der Waals surface area contributed by atoms with Crippen molar-refractivity contribution < 1.29 is 33.3 Å². The first-order valence-corrected chi connectivity index (χ1v) is 13.6. The molecule has 0 spiro atoms. The molecular weight excluding hydrogens is 486 g/mol. The largest absolute Gasteiger partial charge is 0.459 e. The van der Waals surface area contributed by atoms with Crippen molar-refractivity contribution in [3.63, 3.8) is 0 Å². The molecule has 0 radical (unpaired) electrons. The van der Waals surface area contributed by atoms with Crippen LogP contribution in [-0.4, -0.2) is 59.8 Å². The van der Waals surface area contributed by atoms with Gasteiger partial charge in [0.05, 0.1) is 16.8 Å². The molecule has 4 aliphatic rings. The number of piperidine rings is 1. The van der Waals surface area contributed by atoms with E-state index < -0.39 is 11.6 Å². The zero-order valence-corrected chi connectivity index (χ0v) is 20.8. The van der Waals surface area contributed by atoms with Gasteiger partial charge in [0.25, 0.3) is 0 Å². The average Bonchev–Trinajstić information content (AvgIpc) is 3.31. The number of likely N-dealkylation sites (N-methyl/N-ethyl adjacent to an activating group) is 1. The highest BCUT2D eigenvalue weighted by molar-refractivity contribution is 7.12. The molecule has 0 amide bonds. The molecule has 3 saturated heterocycles. The maximum Gasteiger partial charge on any atom is 0.349 e. The van der Waals surface area contributed by atoms with E-state index in [2.05, 4.69) is 19.2 Å². The van der Waals surface area contributed by atoms with Crippen molar-refractivity contribution in [2.45, 2.75) is 55.4 Å². The van der Waals surface area contributed by atoms with Gasteiger partial charge in [-0.05, 0) is 41.1 Å². The number of hydrogen-bond donors (Lipinski definition) is 1. The Hall–Kier alpha value is -2.43. The van der Waals surface area contributed by atoms with Crippen molar-refractivity contribution in [2.24, 2.45) is 0 Å². The Balaban J connectivity index is 1.11. The Labute approximate surface area is 211 Å². The minimum absolute atomic E-state index is 0.205. The Morgan fingerprint density at radius 1 is 1.06 bits per heavy atom. The van der Waals surface area contributed by atoms with Crippen LogP contribution >= 0.6 is 22.7 Å². The smallest absolute Gasteiger partial charge is 0.349 e. The van der Waals surface area contributed by atoms with Crippen molar-refractivity contribution in [3.8, 4) is 11.5 Å². The van der Waals surface area contributed by atoms with Crippen LogP contribution in [-0.2, 0) is 26.4 Å². The van der Waals surface area contributed by atoms with Gasteiger partial charge in [-0.25, -0.2) is 4.79 Å². The summed E-state index contributed by atoms with van der Waals surface area (Å²) in [7, 11) is 2.29. The molecule has 7 nitrogen and oxygen atoms in total. The molecule has 35 heavy (non-hydrogen) atoms. The number of epoxide rings is 1. The lowest BCUT2D eigenvalue weighted by Gasteiger charge is -2.48. The van der Waals surface area contributed by atoms with Crippen LogP contribution in [0.5, 0.6) is 11.5 Å². The molecule has 9 heteroatoms. The molecule has 4 aliphatic heterocycles. The summed E-state index contributed by atoms with van der Waals surface area (Å²) in [6, 6.07) is 13.9. The minimum atomic E-state index is -1.77. The van der Waals surface area contributed by atoms with Gasteiger partial charge in [-0.2, -0.15) is 0 Å². The normalized spacial score (nSPS) is 32.3. The van der Waals surface area contributed by atoms with Crippen molar-refractivity contribution in [1.29, 1.82) is 0 Å². The quantitative estimate of drug-likeness (QED) is 0.309. The molecule has 2 bridgehead atoms. The van der Waals surface area contributed by atoms with Crippen LogP contribution in [0.1, 0.15) is 28.2 Å². The van der Waals surface area contributed by atoms with E-state index in [4.69, 9.17) is 18.9 Å². The number of fused-ring (bicyclic) bond motifs is 6. The van der Waals surface area contributed by atoms with Gasteiger partial charge in [-0.1, -0.05) is 12.1 Å². The molecule has 182 valence electrons. The number of nitrogens with zero attached hydrogens (tertiary/aromatic N) is 1. The minimum Gasteiger partial charge on any atom is -0.459 e. The standard InChI is InChI=1S/C26H26NO6S2/c1-27(13-15-6-7-19-20(10-15)31-14-30-19)17-11-16(12-18(27)24-23(17)33-24)32-25(28)26(29,21-4-2-8-34-21)22-5-3-9-35-22/h2-10,16-18,23-24,29H,11-14H2,1H3/q+1. The first kappa shape index (κ1) is 21.8. The predicted octanol–water partition coefficient (Wildman–Crippen LogP) is 3.64. The lowest BCUT2D eigenvalue weighted by molar-refractivity contribution is -0.968. The van der Waals surface area contributed by atoms with Crippen molar-refractivity contribution in [3.05, 3.63) is 68.5 Å². The van der Waals surface area contributed by atoms with Crippen LogP contribution in [0, 0.1) is 0 Å². The maximum absolute atomic E-state index is 13.5. The van der Waals surface area contributed by atoms with Gasteiger partial charge < -0.3 is 28.5 Å². The van der Waals surface area contributed by atoms with Crippen LogP contribution in [0.3, 0.4) is 0 Å². The summed E-state index contributed by atoms with van der Waals surface area (Å²) in [6.07, 6.45) is 1.60. The highest BCUT2D eigenvalue weighted by Crippen LogP contribution is 2.54. The summed E-state index contributed by atoms with van der Waals surface area (Å²) in [4.78, 5) is 14.7. The van der Waals surface area contributed by atoms with Crippen molar-refractivity contribution in [2.75, 3.05) is 13.8 Å². The fraction of sp³-hybridized carbons (Fsp3) is 0.423. The number of thiophene rings is 2. The van der Waals surface area contributed by atoms with E-state index in [0.29, 0.717) is 9.75 Å². The van der Waals surface area contributed by atoms with E-state index in [0.717, 1.165) is 35.4 Å². The molecule has 4 atom stereocenters. The summed E-state index contributed by atoms with van der Waals surface area (Å²) in [5.74, 6) is 1.00. The molecule has 6 heterocycles. The number of ether oxygens (including phenoxy) is 4. The van der Waals surface area contributed by atoms with Gasteiger partial charge in [0.2, 0.25) is 12.4 Å². The average molecular weight is 513 g/mol. The van der Waals surface area contributed by atoms with Gasteiger partial charge in [0.15, 0.2) is 11.5 Å². The van der Waals surface area contributed by atoms with Gasteiger partial charge in [-0.3, -0.25) is 0 Å². The number of carbonyl (C=O) groups is 1. The molecule has 1 aromatic carbocycles. The number of quaternary nitrogens is 1. The summed E-state index contributed by atoms with van der Waals surface area (Å²) in [6.45, 7) is 1.13. The highest BCUT2D eigenvalue weighted by Gasteiger charge is 2.72. The van der Waals surface area contributed by atoms with Gasteiger partial charge in [0, 0.05) is 18.4 Å². The summed E-state index contributed by atoms with van der Waals surface area (Å²) >= 11 is 2.72. The summed E-state index contributed by atoms with van der Waals surface area (Å²) in [5.41, 5.74) is -0.573. The first-order valence-electron chi connectivity index (χ1n) is 11.9. The second-order valence-electron chi connectivity index (χ2n) is 10.1. The molecule has 3 fully saturated rings. The number of carbonyl (C=O) groups excluding carboxylic acids is 1. The number of esters is 1. The SMILES string of the molecule is C[N+]1(Cc2ccc3c(c2)OCO3)C2CC(OC(=O)C(O)(c3cccs3)c3cccs3)CC1C1OC12. The number of hydrogen-bond acceptors (Lipinski definition) is 8. The van der Waals surface area contributed by atoms with Crippen molar-refractivity contribution in [1.82, 2.24) is 0 Å². The van der Waals surface area contributed by atoms with Gasteiger partial charge in [0.1, 0.15) is 36.9 Å². The van der Waals surface area contributed by atoms with Crippen LogP contribution in [0.4, 0.5) is 0 Å². The number of aliphatic hydroxyl groups is 1. The lowest BCUT2D eigenvalue weighted by Crippen LogP contribution is -2.62. The third kappa shape index (κ3) is 3.29. The predicted molar refractivity (Wildman–Crippen MR) is 129 cm³/mol. The highest BCUT2D eigenvalue weighted by atomic mass is 32.1. The summed E-state index contributed by atoms with van der Waals surface area (Å²) in [5, 5.41) is 15.3. The van der Waals surface area contributed by atoms with Gasteiger partial charge >= 0.3 is 5.97 Å². The molecule has 1 N–H and O–H groups in total. The zero-order valence-electron chi connectivity index (χ0n) is 19.2. The van der Waals surface area contributed by atoms with Gasteiger partial charge in [-0.15, -0.1) is 22.7 Å². The third-order valence-electron chi connectivity index (χ3n) is 8.13. The summed E-state index contributed by atoms with van der Waals surface area (Å²) < 4.78 is 24.0. The van der Waals surface area contributed by atoms with E-state index in [1.165, 1.54) is 28.2 Å². The first-order chi connectivity index (χ1) is 17.0. The second kappa shape index (κ2) is 7.78. The van der Waals surface area contributed by atoms with E-state index in [-0.39, 0.29) is 37.2 Å². The number of rotatable bonds is 6. The van der Waals surface area contributed by atoms with Crippen LogP contribution < -0.4 is 9.47 Å². The fourth-order valence-corrected chi connectivity index (χ4v) is 8.06.